The van der Waals surface area contributed by atoms with E-state index in [4.69, 9.17) is 4.52 Å². The number of nitrogens with zero attached hydrogens (tertiary/aromatic N) is 6. The average Bonchev–Trinajstić information content (AvgIpc) is 3.26. The van der Waals surface area contributed by atoms with E-state index in [9.17, 15) is 4.79 Å². The van der Waals surface area contributed by atoms with E-state index < -0.39 is 0 Å². The molecule has 0 fully saturated rings. The van der Waals surface area contributed by atoms with Gasteiger partial charge in [-0.1, -0.05) is 5.16 Å². The lowest BCUT2D eigenvalue weighted by Crippen LogP contribution is -2.36. The van der Waals surface area contributed by atoms with Crippen molar-refractivity contribution < 1.29 is 9.32 Å². The molecule has 1 atom stereocenters. The minimum absolute atomic E-state index is 0.0819. The van der Waals surface area contributed by atoms with E-state index in [2.05, 4.69) is 19.8 Å². The second kappa shape index (κ2) is 5.87. The Morgan fingerprint density at radius 1 is 1.32 bits per heavy atom. The van der Waals surface area contributed by atoms with Crippen LogP contribution in [-0.4, -0.2) is 41.8 Å². The Morgan fingerprint density at radius 3 is 2.84 bits per heavy atom. The summed E-state index contributed by atoms with van der Waals surface area (Å²) in [6, 6.07) is -0.285. The summed E-state index contributed by atoms with van der Waals surface area (Å²) in [6.45, 7) is 5.02. The number of carbonyl (C=O) groups excluding carboxylic acids is 1. The molecule has 1 unspecified atom stereocenters. The van der Waals surface area contributed by atoms with Crippen molar-refractivity contribution in [1.82, 2.24) is 29.4 Å². The van der Waals surface area contributed by atoms with Crippen LogP contribution in [0, 0.1) is 13.8 Å². The first-order valence-electron chi connectivity index (χ1n) is 8.29. The molecule has 1 aliphatic rings. The Kier molecular flexibility index (Phi) is 3.67. The van der Waals surface area contributed by atoms with Gasteiger partial charge in [-0.3, -0.25) is 9.48 Å². The van der Waals surface area contributed by atoms with Gasteiger partial charge in [-0.15, -0.1) is 0 Å². The first-order valence-corrected chi connectivity index (χ1v) is 8.29. The zero-order chi connectivity index (χ0) is 17.6. The van der Waals surface area contributed by atoms with Gasteiger partial charge in [0.25, 0.3) is 5.91 Å². The predicted octanol–water partition coefficient (Wildman–Crippen LogP) is 1.86. The molecular formula is C17H20N6O2. The van der Waals surface area contributed by atoms with Crippen LogP contribution in [0.2, 0.25) is 0 Å². The molecule has 4 heterocycles. The van der Waals surface area contributed by atoms with Gasteiger partial charge in [-0.2, -0.15) is 5.10 Å². The van der Waals surface area contributed by atoms with E-state index in [1.54, 1.807) is 30.9 Å². The molecular weight excluding hydrogens is 320 g/mol. The number of hydrogen-bond acceptors (Lipinski definition) is 5. The van der Waals surface area contributed by atoms with Crippen LogP contribution in [-0.2, 0) is 13.6 Å². The summed E-state index contributed by atoms with van der Waals surface area (Å²) in [4.78, 5) is 19.7. The van der Waals surface area contributed by atoms with Crippen LogP contribution in [0.3, 0.4) is 0 Å². The van der Waals surface area contributed by atoms with Crippen molar-refractivity contribution in [3.05, 3.63) is 53.2 Å². The number of aromatic nitrogens is 5. The van der Waals surface area contributed by atoms with Gasteiger partial charge in [-0.05, 0) is 20.3 Å². The molecule has 0 saturated carbocycles. The third-order valence-corrected chi connectivity index (χ3v) is 4.65. The van der Waals surface area contributed by atoms with E-state index in [-0.39, 0.29) is 11.9 Å². The summed E-state index contributed by atoms with van der Waals surface area (Å²) in [7, 11) is 1.87. The zero-order valence-corrected chi connectivity index (χ0v) is 14.5. The lowest BCUT2D eigenvalue weighted by atomic mass is 10.1. The normalized spacial score (nSPS) is 17.4. The third-order valence-electron chi connectivity index (χ3n) is 4.65. The summed E-state index contributed by atoms with van der Waals surface area (Å²) in [6.07, 6.45) is 8.33. The fraction of sp³-hybridized carbons (Fsp3) is 0.412. The number of amides is 1. The molecule has 0 N–H and O–H groups in total. The highest BCUT2D eigenvalue weighted by atomic mass is 16.5. The lowest BCUT2D eigenvalue weighted by molar-refractivity contribution is 0.0704. The maximum absolute atomic E-state index is 13.3. The molecule has 3 aromatic heterocycles. The number of fused-ring (bicyclic) bond motifs is 1. The van der Waals surface area contributed by atoms with Crippen molar-refractivity contribution in [3.8, 4) is 0 Å². The summed E-state index contributed by atoms with van der Waals surface area (Å²) >= 11 is 0. The highest BCUT2D eigenvalue weighted by Crippen LogP contribution is 2.32. The molecule has 130 valence electrons. The van der Waals surface area contributed by atoms with Crippen molar-refractivity contribution in [2.45, 2.75) is 32.9 Å². The SMILES string of the molecule is Cc1noc(C)c1C(=O)N1CCCn2ccnc2C1c1cnn(C)c1. The second-order valence-electron chi connectivity index (χ2n) is 6.38. The van der Waals surface area contributed by atoms with Gasteiger partial charge >= 0.3 is 0 Å². The number of carbonyl (C=O) groups is 1. The Hall–Kier alpha value is -2.90. The monoisotopic (exact) mass is 340 g/mol. The van der Waals surface area contributed by atoms with Gasteiger partial charge in [0, 0.05) is 44.3 Å². The van der Waals surface area contributed by atoms with Gasteiger partial charge in [0.05, 0.1) is 11.9 Å². The Bertz CT molecular complexity index is 902. The van der Waals surface area contributed by atoms with Crippen molar-refractivity contribution in [2.24, 2.45) is 7.05 Å². The van der Waals surface area contributed by atoms with Crippen LogP contribution in [0.4, 0.5) is 0 Å². The van der Waals surface area contributed by atoms with Crippen molar-refractivity contribution in [1.29, 1.82) is 0 Å². The van der Waals surface area contributed by atoms with Crippen LogP contribution in [0.5, 0.6) is 0 Å². The Morgan fingerprint density at radius 2 is 2.16 bits per heavy atom. The number of hydrogen-bond donors (Lipinski definition) is 0. The predicted molar refractivity (Wildman–Crippen MR) is 88.9 cm³/mol. The molecule has 0 aliphatic carbocycles. The molecule has 1 amide bonds. The molecule has 0 spiro atoms. The van der Waals surface area contributed by atoms with Crippen molar-refractivity contribution in [3.63, 3.8) is 0 Å². The van der Waals surface area contributed by atoms with E-state index in [0.29, 0.717) is 23.6 Å². The standard InChI is InChI=1S/C17H20N6O2/c1-11-14(12(2)25-20-11)17(24)23-7-4-6-22-8-5-18-16(22)15(23)13-9-19-21(3)10-13/h5,8-10,15H,4,6-7H2,1-3H3. The summed E-state index contributed by atoms with van der Waals surface area (Å²) in [5, 5.41) is 8.21. The lowest BCUT2D eigenvalue weighted by Gasteiger charge is -2.28. The summed E-state index contributed by atoms with van der Waals surface area (Å²) in [5.74, 6) is 1.31. The molecule has 3 aromatic rings. The first-order chi connectivity index (χ1) is 12.1. The molecule has 1 aliphatic heterocycles. The number of rotatable bonds is 2. The number of imidazole rings is 1. The zero-order valence-electron chi connectivity index (χ0n) is 14.5. The van der Waals surface area contributed by atoms with E-state index in [1.807, 2.05) is 24.3 Å². The molecule has 0 saturated heterocycles. The first kappa shape index (κ1) is 15.6. The van der Waals surface area contributed by atoms with Crippen LogP contribution >= 0.6 is 0 Å². The van der Waals surface area contributed by atoms with Crippen LogP contribution in [0.25, 0.3) is 0 Å². The molecule has 0 radical (unpaired) electrons. The Balaban J connectivity index is 1.83. The highest BCUT2D eigenvalue weighted by Gasteiger charge is 2.35. The average molecular weight is 340 g/mol. The largest absolute Gasteiger partial charge is 0.361 e. The maximum Gasteiger partial charge on any atom is 0.260 e. The fourth-order valence-electron chi connectivity index (χ4n) is 3.50. The van der Waals surface area contributed by atoms with Crippen LogP contribution < -0.4 is 0 Å². The van der Waals surface area contributed by atoms with E-state index >= 15 is 0 Å². The second-order valence-corrected chi connectivity index (χ2v) is 6.38. The van der Waals surface area contributed by atoms with Gasteiger partial charge in [-0.25, -0.2) is 4.98 Å². The van der Waals surface area contributed by atoms with Gasteiger partial charge in [0.2, 0.25) is 0 Å². The van der Waals surface area contributed by atoms with Gasteiger partial charge in [0.1, 0.15) is 23.2 Å². The number of aryl methyl sites for hydroxylation is 4. The fourth-order valence-corrected chi connectivity index (χ4v) is 3.50. The highest BCUT2D eigenvalue weighted by molar-refractivity contribution is 5.96. The molecule has 8 nitrogen and oxygen atoms in total. The van der Waals surface area contributed by atoms with Crippen molar-refractivity contribution >= 4 is 5.91 Å². The van der Waals surface area contributed by atoms with Crippen LogP contribution in [0.1, 0.15) is 45.7 Å². The third kappa shape index (κ3) is 2.54. The molecule has 25 heavy (non-hydrogen) atoms. The molecule has 8 heteroatoms. The van der Waals surface area contributed by atoms with Crippen molar-refractivity contribution in [2.75, 3.05) is 6.54 Å². The van der Waals surface area contributed by atoms with E-state index in [0.717, 1.165) is 24.4 Å². The van der Waals surface area contributed by atoms with Gasteiger partial charge in [0.15, 0.2) is 0 Å². The maximum atomic E-state index is 13.3. The summed E-state index contributed by atoms with van der Waals surface area (Å²) in [5.41, 5.74) is 2.09. The molecule has 0 aromatic carbocycles. The minimum Gasteiger partial charge on any atom is -0.361 e. The summed E-state index contributed by atoms with van der Waals surface area (Å²) < 4.78 is 9.05. The quantitative estimate of drug-likeness (QED) is 0.711. The van der Waals surface area contributed by atoms with Gasteiger partial charge < -0.3 is 14.0 Å². The minimum atomic E-state index is -0.285. The molecule has 4 rings (SSSR count). The van der Waals surface area contributed by atoms with E-state index in [1.165, 1.54) is 0 Å². The van der Waals surface area contributed by atoms with Crippen LogP contribution in [0.15, 0.2) is 29.3 Å². The topological polar surface area (TPSA) is 82.0 Å². The molecule has 0 bridgehead atoms. The Labute approximate surface area is 145 Å². The smallest absolute Gasteiger partial charge is 0.260 e.